The Balaban J connectivity index is 1.30. The Morgan fingerprint density at radius 2 is 1.49 bits per heavy atom. The number of nitrogens with zero attached hydrogens (tertiary/aromatic N) is 1. The van der Waals surface area contributed by atoms with Gasteiger partial charge in [-0.25, -0.2) is 4.79 Å². The fourth-order valence-electron chi connectivity index (χ4n) is 5.48. The highest BCUT2D eigenvalue weighted by atomic mass is 16.6. The van der Waals surface area contributed by atoms with Crippen LogP contribution in [0.5, 0.6) is 11.5 Å². The maximum Gasteiger partial charge on any atom is 0.410 e. The van der Waals surface area contributed by atoms with Crippen LogP contribution in [-0.4, -0.2) is 35.6 Å². The smallest absolute Gasteiger partial charge is 0.410 e. The molecule has 1 aliphatic carbocycles. The van der Waals surface area contributed by atoms with Gasteiger partial charge in [-0.1, -0.05) is 73.2 Å². The fourth-order valence-corrected chi connectivity index (χ4v) is 5.48. The number of ether oxygens (including phenoxy) is 3. The molecule has 1 aliphatic heterocycles. The van der Waals surface area contributed by atoms with Gasteiger partial charge in [0.25, 0.3) is 5.91 Å². The number of primary amides is 1. The molecular formula is C32H36N2O5. The van der Waals surface area contributed by atoms with E-state index in [0.717, 1.165) is 53.9 Å². The summed E-state index contributed by atoms with van der Waals surface area (Å²) in [5, 5.41) is 0. The summed E-state index contributed by atoms with van der Waals surface area (Å²) >= 11 is 0. The Bertz CT molecular complexity index is 1260. The zero-order chi connectivity index (χ0) is 27.1. The molecule has 7 nitrogen and oxygen atoms in total. The maximum absolute atomic E-state index is 13.1. The van der Waals surface area contributed by atoms with E-state index in [1.807, 2.05) is 78.9 Å². The highest BCUT2D eigenvalue weighted by Gasteiger charge is 2.43. The average molecular weight is 529 g/mol. The maximum atomic E-state index is 13.1. The predicted octanol–water partition coefficient (Wildman–Crippen LogP) is 5.96. The van der Waals surface area contributed by atoms with Crippen molar-refractivity contribution in [1.82, 2.24) is 4.90 Å². The molecule has 2 amide bonds. The topological polar surface area (TPSA) is 91.1 Å². The quantitative estimate of drug-likeness (QED) is 0.370. The van der Waals surface area contributed by atoms with E-state index in [1.54, 1.807) is 4.90 Å². The third kappa shape index (κ3) is 6.53. The lowest BCUT2D eigenvalue weighted by molar-refractivity contribution is -0.141. The van der Waals surface area contributed by atoms with Crippen molar-refractivity contribution in [3.8, 4) is 11.5 Å². The van der Waals surface area contributed by atoms with Gasteiger partial charge in [0.15, 0.2) is 5.60 Å². The number of hydrogen-bond acceptors (Lipinski definition) is 5. The van der Waals surface area contributed by atoms with Crippen molar-refractivity contribution in [2.75, 3.05) is 13.1 Å². The first-order valence-electron chi connectivity index (χ1n) is 13.8. The van der Waals surface area contributed by atoms with Crippen LogP contribution in [0, 0.1) is 0 Å². The Kier molecular flexibility index (Phi) is 8.35. The molecule has 7 heteroatoms. The molecule has 0 radical (unpaired) electrons. The summed E-state index contributed by atoms with van der Waals surface area (Å²) in [6.07, 6.45) is 3.98. The van der Waals surface area contributed by atoms with Crippen LogP contribution in [0.15, 0.2) is 78.9 Å². The Hall–Kier alpha value is -4.00. The molecule has 5 rings (SSSR count). The predicted molar refractivity (Wildman–Crippen MR) is 148 cm³/mol. The number of amides is 2. The normalized spacial score (nSPS) is 18.4. The van der Waals surface area contributed by atoms with Gasteiger partial charge in [0, 0.05) is 25.1 Å². The van der Waals surface area contributed by atoms with Gasteiger partial charge in [0.2, 0.25) is 0 Å². The molecule has 204 valence electrons. The number of hydrogen-bond donors (Lipinski definition) is 1. The number of carbonyl (C=O) groups is 2. The number of rotatable bonds is 9. The van der Waals surface area contributed by atoms with Crippen molar-refractivity contribution in [2.45, 2.75) is 63.3 Å². The van der Waals surface area contributed by atoms with Gasteiger partial charge in [-0.15, -0.1) is 0 Å². The van der Waals surface area contributed by atoms with Gasteiger partial charge in [-0.2, -0.15) is 0 Å². The van der Waals surface area contributed by atoms with Crippen molar-refractivity contribution >= 4 is 12.0 Å². The monoisotopic (exact) mass is 528 g/mol. The molecule has 0 aromatic heterocycles. The zero-order valence-electron chi connectivity index (χ0n) is 22.2. The van der Waals surface area contributed by atoms with E-state index >= 15 is 0 Å². The molecule has 3 aromatic carbocycles. The molecule has 1 atom stereocenters. The van der Waals surface area contributed by atoms with E-state index in [-0.39, 0.29) is 5.92 Å². The van der Waals surface area contributed by atoms with Gasteiger partial charge in [0.05, 0.1) is 0 Å². The highest BCUT2D eigenvalue weighted by Crippen LogP contribution is 2.38. The number of nitrogens with two attached hydrogens (primary N) is 1. The number of carbonyl (C=O) groups excluding carboxylic acids is 2. The van der Waals surface area contributed by atoms with E-state index in [1.165, 1.54) is 0 Å². The summed E-state index contributed by atoms with van der Waals surface area (Å²) in [6.45, 7) is 1.92. The van der Waals surface area contributed by atoms with Crippen molar-refractivity contribution in [2.24, 2.45) is 5.73 Å². The van der Waals surface area contributed by atoms with Gasteiger partial charge >= 0.3 is 6.09 Å². The summed E-state index contributed by atoms with van der Waals surface area (Å²) in [5.41, 5.74) is 7.68. The molecule has 2 N–H and O–H groups in total. The molecule has 1 heterocycles. The van der Waals surface area contributed by atoms with Crippen molar-refractivity contribution in [3.05, 3.63) is 95.6 Å². The first kappa shape index (κ1) is 26.6. The lowest BCUT2D eigenvalue weighted by Crippen LogP contribution is -2.51. The number of likely N-dealkylation sites (tertiary alicyclic amines) is 1. The molecule has 1 saturated carbocycles. The summed E-state index contributed by atoms with van der Waals surface area (Å²) < 4.78 is 18.2. The minimum absolute atomic E-state index is 0.0716. The van der Waals surface area contributed by atoms with Crippen LogP contribution in [0.25, 0.3) is 0 Å². The van der Waals surface area contributed by atoms with Gasteiger partial charge in [0.1, 0.15) is 24.7 Å². The van der Waals surface area contributed by atoms with Crippen LogP contribution in [-0.2, 0) is 22.7 Å². The van der Waals surface area contributed by atoms with E-state index < -0.39 is 17.6 Å². The van der Waals surface area contributed by atoms with Crippen molar-refractivity contribution < 1.29 is 23.8 Å². The molecule has 1 unspecified atom stereocenters. The van der Waals surface area contributed by atoms with E-state index in [4.69, 9.17) is 19.9 Å². The van der Waals surface area contributed by atoms with Crippen LogP contribution in [0.3, 0.4) is 0 Å². The summed E-state index contributed by atoms with van der Waals surface area (Å²) in [5.74, 6) is 0.988. The van der Waals surface area contributed by atoms with E-state index in [0.29, 0.717) is 39.1 Å². The standard InChI is InChI=1S/C32H36N2O5/c33-30(35)32(17-8-3-9-18-32)39-31(36)34-19-16-26(21-34)28-15-14-27(37-22-24-10-4-1-5-11-24)20-29(28)38-23-25-12-6-2-7-13-25/h1-2,4-7,10-15,20,26H,3,8-9,16-19,21-23H2,(H2,33,35). The Morgan fingerprint density at radius 1 is 0.846 bits per heavy atom. The fraction of sp³-hybridized carbons (Fsp3) is 0.375. The molecule has 0 bridgehead atoms. The number of benzene rings is 3. The Morgan fingerprint density at radius 3 is 2.13 bits per heavy atom. The van der Waals surface area contributed by atoms with Crippen molar-refractivity contribution in [3.63, 3.8) is 0 Å². The molecule has 3 aromatic rings. The Labute approximate surface area is 229 Å². The van der Waals surface area contributed by atoms with E-state index in [2.05, 4.69) is 0 Å². The zero-order valence-corrected chi connectivity index (χ0v) is 22.2. The minimum atomic E-state index is -1.19. The lowest BCUT2D eigenvalue weighted by atomic mass is 9.84. The van der Waals surface area contributed by atoms with Crippen LogP contribution < -0.4 is 15.2 Å². The second kappa shape index (κ2) is 12.2. The molecule has 2 aliphatic rings. The summed E-state index contributed by atoms with van der Waals surface area (Å²) in [7, 11) is 0. The third-order valence-electron chi connectivity index (χ3n) is 7.75. The van der Waals surface area contributed by atoms with Crippen molar-refractivity contribution in [1.29, 1.82) is 0 Å². The van der Waals surface area contributed by atoms with Gasteiger partial charge in [-0.3, -0.25) is 4.79 Å². The molecule has 2 fully saturated rings. The molecular weight excluding hydrogens is 492 g/mol. The third-order valence-corrected chi connectivity index (χ3v) is 7.75. The molecule has 39 heavy (non-hydrogen) atoms. The largest absolute Gasteiger partial charge is 0.489 e. The first-order valence-corrected chi connectivity index (χ1v) is 13.8. The molecule has 1 saturated heterocycles. The van der Waals surface area contributed by atoms with Gasteiger partial charge < -0.3 is 24.8 Å². The van der Waals surface area contributed by atoms with Gasteiger partial charge in [-0.05, 0) is 54.9 Å². The van der Waals surface area contributed by atoms with E-state index in [9.17, 15) is 9.59 Å². The highest BCUT2D eigenvalue weighted by molar-refractivity contribution is 5.86. The summed E-state index contributed by atoms with van der Waals surface area (Å²) in [4.78, 5) is 27.0. The van der Waals surface area contributed by atoms with Crippen LogP contribution in [0.4, 0.5) is 4.79 Å². The SMILES string of the molecule is NC(=O)C1(OC(=O)N2CCC(c3ccc(OCc4ccccc4)cc3OCc3ccccc3)C2)CCCCC1. The second-order valence-electron chi connectivity index (χ2n) is 10.5. The summed E-state index contributed by atoms with van der Waals surface area (Å²) in [6, 6.07) is 26.0. The first-order chi connectivity index (χ1) is 19.0. The average Bonchev–Trinajstić information content (AvgIpc) is 3.47. The molecule has 0 spiro atoms. The minimum Gasteiger partial charge on any atom is -0.489 e. The second-order valence-corrected chi connectivity index (χ2v) is 10.5. The van der Waals surface area contributed by atoms with Crippen LogP contribution >= 0.6 is 0 Å². The lowest BCUT2D eigenvalue weighted by Gasteiger charge is -2.35. The van der Waals surface area contributed by atoms with Crippen LogP contribution in [0.2, 0.25) is 0 Å². The van der Waals surface area contributed by atoms with Crippen LogP contribution in [0.1, 0.15) is 61.1 Å².